The fraction of sp³-hybridized carbons (Fsp3) is 0.333. The van der Waals surface area contributed by atoms with Gasteiger partial charge in [-0.05, 0) is 24.1 Å². The summed E-state index contributed by atoms with van der Waals surface area (Å²) in [5.41, 5.74) is 2.96. The molecule has 0 amide bonds. The molecule has 2 rings (SSSR count). The van der Waals surface area contributed by atoms with Crippen molar-refractivity contribution in [2.45, 2.75) is 20.0 Å². The summed E-state index contributed by atoms with van der Waals surface area (Å²) in [6, 6.07) is 3.63. The molecule has 0 spiro atoms. The Morgan fingerprint density at radius 3 is 2.83 bits per heavy atom. The molecule has 1 aromatic rings. The lowest BCUT2D eigenvalue weighted by Crippen LogP contribution is -2.00. The first-order valence-electron chi connectivity index (χ1n) is 3.76. The Hall–Kier alpha value is -0.600. The Kier molecular flexibility index (Phi) is 2.70. The number of rotatable bonds is 0. The number of hydrogen-bond donors (Lipinski definition) is 1. The van der Waals surface area contributed by atoms with Crippen molar-refractivity contribution >= 4 is 12.4 Å². The van der Waals surface area contributed by atoms with Crippen LogP contribution in [0.4, 0.5) is 4.39 Å². The molecule has 1 aliphatic heterocycles. The number of benzene rings is 1. The second-order valence-electron chi connectivity index (χ2n) is 2.99. The maximum absolute atomic E-state index is 13.1. The lowest BCUT2D eigenvalue weighted by Gasteiger charge is -2.00. The zero-order valence-electron chi connectivity index (χ0n) is 6.86. The molecule has 0 unspecified atom stereocenters. The van der Waals surface area contributed by atoms with E-state index in [-0.39, 0.29) is 18.2 Å². The molecule has 0 fully saturated rings. The highest BCUT2D eigenvalue weighted by molar-refractivity contribution is 5.85. The maximum atomic E-state index is 13.1. The lowest BCUT2D eigenvalue weighted by molar-refractivity contribution is 0.607. The Labute approximate surface area is 77.4 Å². The predicted molar refractivity (Wildman–Crippen MR) is 48.9 cm³/mol. The highest BCUT2D eigenvalue weighted by Crippen LogP contribution is 2.20. The zero-order valence-corrected chi connectivity index (χ0v) is 7.67. The van der Waals surface area contributed by atoms with Crippen LogP contribution < -0.4 is 5.32 Å². The fourth-order valence-electron chi connectivity index (χ4n) is 1.52. The summed E-state index contributed by atoms with van der Waals surface area (Å²) in [5, 5.41) is 3.12. The van der Waals surface area contributed by atoms with Gasteiger partial charge in [0.2, 0.25) is 0 Å². The molecule has 0 bridgehead atoms. The van der Waals surface area contributed by atoms with Crippen molar-refractivity contribution in [2.75, 3.05) is 0 Å². The molecule has 1 N–H and O–H groups in total. The topological polar surface area (TPSA) is 12.0 Å². The van der Waals surface area contributed by atoms with Gasteiger partial charge in [-0.2, -0.15) is 0 Å². The van der Waals surface area contributed by atoms with Gasteiger partial charge in [-0.1, -0.05) is 6.07 Å². The summed E-state index contributed by atoms with van der Waals surface area (Å²) in [7, 11) is 0. The Bertz CT molecular complexity index is 299. The number of hydrogen-bond acceptors (Lipinski definition) is 1. The molecule has 0 saturated heterocycles. The van der Waals surface area contributed by atoms with Crippen molar-refractivity contribution < 1.29 is 4.39 Å². The van der Waals surface area contributed by atoms with E-state index >= 15 is 0 Å². The second kappa shape index (κ2) is 3.42. The van der Waals surface area contributed by atoms with E-state index < -0.39 is 0 Å². The molecule has 1 aliphatic rings. The van der Waals surface area contributed by atoms with E-state index in [1.807, 2.05) is 13.0 Å². The summed E-state index contributed by atoms with van der Waals surface area (Å²) < 4.78 is 13.1. The average molecular weight is 188 g/mol. The first-order valence-corrected chi connectivity index (χ1v) is 3.76. The van der Waals surface area contributed by atoms with Crippen LogP contribution in [0.15, 0.2) is 12.1 Å². The largest absolute Gasteiger partial charge is 0.308 e. The molecule has 1 aromatic carbocycles. The summed E-state index contributed by atoms with van der Waals surface area (Å²) in [6.07, 6.45) is 0. The van der Waals surface area contributed by atoms with Gasteiger partial charge in [-0.25, -0.2) is 4.39 Å². The molecule has 12 heavy (non-hydrogen) atoms. The van der Waals surface area contributed by atoms with E-state index in [0.29, 0.717) is 6.54 Å². The Morgan fingerprint density at radius 2 is 2.08 bits per heavy atom. The summed E-state index contributed by atoms with van der Waals surface area (Å²) in [5.74, 6) is -0.0648. The number of fused-ring (bicyclic) bond motifs is 1. The molecule has 0 atom stereocenters. The molecular weight excluding hydrogens is 177 g/mol. The summed E-state index contributed by atoms with van der Waals surface area (Å²) in [4.78, 5) is 0. The first kappa shape index (κ1) is 9.49. The third-order valence-corrected chi connectivity index (χ3v) is 2.05. The minimum Gasteiger partial charge on any atom is -0.308 e. The van der Waals surface area contributed by atoms with Crippen LogP contribution in [0, 0.1) is 12.7 Å². The van der Waals surface area contributed by atoms with Gasteiger partial charge in [-0.3, -0.25) is 0 Å². The highest BCUT2D eigenvalue weighted by atomic mass is 35.5. The van der Waals surface area contributed by atoms with Crippen LogP contribution in [0.25, 0.3) is 0 Å². The molecule has 0 aromatic heterocycles. The van der Waals surface area contributed by atoms with Crippen molar-refractivity contribution in [3.63, 3.8) is 0 Å². The van der Waals surface area contributed by atoms with Gasteiger partial charge in [-0.15, -0.1) is 12.4 Å². The molecule has 0 saturated carbocycles. The zero-order chi connectivity index (χ0) is 7.84. The number of aryl methyl sites for hydroxylation is 1. The molecule has 66 valence electrons. The maximum Gasteiger partial charge on any atom is 0.128 e. The Morgan fingerprint density at radius 1 is 1.33 bits per heavy atom. The first-order chi connectivity index (χ1) is 5.27. The van der Waals surface area contributed by atoms with Crippen molar-refractivity contribution in [3.8, 4) is 0 Å². The van der Waals surface area contributed by atoms with E-state index in [4.69, 9.17) is 0 Å². The van der Waals surface area contributed by atoms with E-state index in [9.17, 15) is 4.39 Å². The van der Waals surface area contributed by atoms with Gasteiger partial charge in [0.05, 0.1) is 0 Å². The van der Waals surface area contributed by atoms with Crippen LogP contribution in [0.3, 0.4) is 0 Å². The lowest BCUT2D eigenvalue weighted by atomic mass is 10.1. The smallest absolute Gasteiger partial charge is 0.128 e. The fourth-order valence-corrected chi connectivity index (χ4v) is 1.52. The molecule has 0 radical (unpaired) electrons. The van der Waals surface area contributed by atoms with Crippen molar-refractivity contribution in [1.29, 1.82) is 0 Å². The highest BCUT2D eigenvalue weighted by Gasteiger charge is 2.14. The van der Waals surface area contributed by atoms with Gasteiger partial charge in [0, 0.05) is 18.7 Å². The van der Waals surface area contributed by atoms with E-state index in [1.54, 1.807) is 6.07 Å². The van der Waals surface area contributed by atoms with E-state index in [2.05, 4.69) is 5.32 Å². The van der Waals surface area contributed by atoms with Crippen molar-refractivity contribution in [1.82, 2.24) is 5.32 Å². The Balaban J connectivity index is 0.000000720. The molecule has 1 nitrogen and oxygen atoms in total. The van der Waals surface area contributed by atoms with E-state index in [1.165, 1.54) is 0 Å². The number of halogens is 2. The minimum absolute atomic E-state index is 0. The minimum atomic E-state index is -0.0648. The van der Waals surface area contributed by atoms with E-state index in [0.717, 1.165) is 23.2 Å². The summed E-state index contributed by atoms with van der Waals surface area (Å²) >= 11 is 0. The third-order valence-electron chi connectivity index (χ3n) is 2.05. The second-order valence-corrected chi connectivity index (χ2v) is 2.99. The third kappa shape index (κ3) is 1.45. The van der Waals surface area contributed by atoms with Crippen LogP contribution in [0.5, 0.6) is 0 Å². The van der Waals surface area contributed by atoms with Gasteiger partial charge >= 0.3 is 0 Å². The normalized spacial score (nSPS) is 13.8. The number of nitrogens with one attached hydrogen (secondary N) is 1. The van der Waals surface area contributed by atoms with Crippen molar-refractivity contribution in [3.05, 3.63) is 34.6 Å². The molecular formula is C9H11ClFN. The monoisotopic (exact) mass is 187 g/mol. The van der Waals surface area contributed by atoms with Gasteiger partial charge in [0.25, 0.3) is 0 Å². The van der Waals surface area contributed by atoms with Crippen LogP contribution in [-0.4, -0.2) is 0 Å². The van der Waals surface area contributed by atoms with Crippen LogP contribution in [0.2, 0.25) is 0 Å². The standard InChI is InChI=1S/C9H10FN.ClH/c1-6-2-7-4-11-5-8(7)9(10)3-6;/h2-3,11H,4-5H2,1H3;1H. The van der Waals surface area contributed by atoms with Gasteiger partial charge in [0.1, 0.15) is 5.82 Å². The molecule has 3 heteroatoms. The average Bonchev–Trinajstić information content (AvgIpc) is 2.34. The predicted octanol–water partition coefficient (Wildman–Crippen LogP) is 2.16. The molecule has 1 heterocycles. The van der Waals surface area contributed by atoms with Crippen LogP contribution in [0.1, 0.15) is 16.7 Å². The van der Waals surface area contributed by atoms with Crippen molar-refractivity contribution in [2.24, 2.45) is 0 Å². The van der Waals surface area contributed by atoms with Crippen LogP contribution >= 0.6 is 12.4 Å². The quantitative estimate of drug-likeness (QED) is 0.657. The SMILES string of the molecule is Cc1cc(F)c2c(c1)CNC2.Cl. The van der Waals surface area contributed by atoms with Crippen LogP contribution in [-0.2, 0) is 13.1 Å². The summed E-state index contributed by atoms with van der Waals surface area (Å²) in [6.45, 7) is 3.41. The van der Waals surface area contributed by atoms with Gasteiger partial charge in [0.15, 0.2) is 0 Å². The van der Waals surface area contributed by atoms with Gasteiger partial charge < -0.3 is 5.32 Å². The molecule has 0 aliphatic carbocycles.